The summed E-state index contributed by atoms with van der Waals surface area (Å²) >= 11 is 0. The first kappa shape index (κ1) is 10.5. The lowest BCUT2D eigenvalue weighted by Crippen LogP contribution is -2.14. The molecule has 1 aliphatic rings. The molecule has 0 aliphatic heterocycles. The van der Waals surface area contributed by atoms with E-state index in [-0.39, 0.29) is 5.92 Å². The summed E-state index contributed by atoms with van der Waals surface area (Å²) in [4.78, 5) is 0. The molecule has 0 fully saturated rings. The van der Waals surface area contributed by atoms with Crippen molar-refractivity contribution in [2.45, 2.75) is 39.8 Å². The van der Waals surface area contributed by atoms with Gasteiger partial charge in [0.05, 0.1) is 0 Å². The third-order valence-corrected chi connectivity index (χ3v) is 2.89. The molecular weight excluding hydrogens is 163 g/mol. The second kappa shape index (κ2) is 4.59. The highest BCUT2D eigenvalue weighted by Crippen LogP contribution is 2.27. The van der Waals surface area contributed by atoms with Gasteiger partial charge in [-0.3, -0.25) is 0 Å². The molecule has 74 valence electrons. The van der Waals surface area contributed by atoms with Crippen LogP contribution in [0.3, 0.4) is 0 Å². The van der Waals surface area contributed by atoms with E-state index in [1.165, 1.54) is 5.57 Å². The van der Waals surface area contributed by atoms with Crippen LogP contribution in [0.1, 0.15) is 33.6 Å². The number of rotatable bonds is 3. The minimum Gasteiger partial charge on any atom is -0.242 e. The molecular formula is C12H19F. The summed E-state index contributed by atoms with van der Waals surface area (Å²) in [5.74, 6) is 0.673. The Morgan fingerprint density at radius 2 is 2.00 bits per heavy atom. The van der Waals surface area contributed by atoms with Gasteiger partial charge in [-0.05, 0) is 30.4 Å². The van der Waals surface area contributed by atoms with Gasteiger partial charge in [0.25, 0.3) is 0 Å². The maximum absolute atomic E-state index is 13.1. The molecule has 0 aromatic rings. The van der Waals surface area contributed by atoms with Crippen molar-refractivity contribution >= 4 is 0 Å². The fraction of sp³-hybridized carbons (Fsp3) is 0.667. The second-order valence-electron chi connectivity index (χ2n) is 3.84. The SMILES string of the molecule is CCC(CC)C1=CC(C)C(F)C=C1. The second-order valence-corrected chi connectivity index (χ2v) is 3.84. The maximum Gasteiger partial charge on any atom is 0.125 e. The van der Waals surface area contributed by atoms with Gasteiger partial charge in [-0.1, -0.05) is 32.9 Å². The molecule has 0 saturated heterocycles. The van der Waals surface area contributed by atoms with Gasteiger partial charge in [0.2, 0.25) is 0 Å². The quantitative estimate of drug-likeness (QED) is 0.621. The fourth-order valence-electron chi connectivity index (χ4n) is 1.86. The van der Waals surface area contributed by atoms with Crippen molar-refractivity contribution in [2.24, 2.45) is 11.8 Å². The molecule has 2 unspecified atom stereocenters. The van der Waals surface area contributed by atoms with Crippen molar-refractivity contribution in [3.63, 3.8) is 0 Å². The standard InChI is InChI=1S/C12H19F/c1-4-10(5-2)11-6-7-12(13)9(3)8-11/h6-10,12H,4-5H2,1-3H3. The normalized spacial score (nSPS) is 27.9. The van der Waals surface area contributed by atoms with Gasteiger partial charge in [-0.2, -0.15) is 0 Å². The molecule has 13 heavy (non-hydrogen) atoms. The number of halogens is 1. The molecule has 0 aromatic heterocycles. The lowest BCUT2D eigenvalue weighted by Gasteiger charge is -2.21. The Morgan fingerprint density at radius 3 is 2.46 bits per heavy atom. The van der Waals surface area contributed by atoms with Crippen molar-refractivity contribution < 1.29 is 4.39 Å². The molecule has 0 heterocycles. The van der Waals surface area contributed by atoms with Gasteiger partial charge < -0.3 is 0 Å². The van der Waals surface area contributed by atoms with Crippen molar-refractivity contribution in [1.82, 2.24) is 0 Å². The number of hydrogen-bond acceptors (Lipinski definition) is 0. The first-order valence-corrected chi connectivity index (χ1v) is 5.23. The summed E-state index contributed by atoms with van der Waals surface area (Å²) in [6.45, 7) is 6.32. The van der Waals surface area contributed by atoms with E-state index >= 15 is 0 Å². The Bertz CT molecular complexity index is 211. The van der Waals surface area contributed by atoms with E-state index in [1.54, 1.807) is 6.08 Å². The molecule has 0 N–H and O–H groups in total. The van der Waals surface area contributed by atoms with E-state index in [9.17, 15) is 4.39 Å². The van der Waals surface area contributed by atoms with Crippen LogP contribution in [0.5, 0.6) is 0 Å². The number of alkyl halides is 1. The number of hydrogen-bond donors (Lipinski definition) is 0. The van der Waals surface area contributed by atoms with Crippen LogP contribution < -0.4 is 0 Å². The summed E-state index contributed by atoms with van der Waals surface area (Å²) in [5.41, 5.74) is 1.33. The molecule has 2 atom stereocenters. The van der Waals surface area contributed by atoms with Gasteiger partial charge in [0.15, 0.2) is 0 Å². The van der Waals surface area contributed by atoms with Crippen LogP contribution in [-0.2, 0) is 0 Å². The van der Waals surface area contributed by atoms with E-state index in [1.807, 2.05) is 13.0 Å². The Labute approximate surface area is 80.5 Å². The Morgan fingerprint density at radius 1 is 1.38 bits per heavy atom. The predicted octanol–water partition coefficient (Wildman–Crippen LogP) is 3.89. The van der Waals surface area contributed by atoms with Crippen LogP contribution >= 0.6 is 0 Å². The van der Waals surface area contributed by atoms with E-state index < -0.39 is 6.17 Å². The molecule has 1 rings (SSSR count). The van der Waals surface area contributed by atoms with Gasteiger partial charge in [0, 0.05) is 5.92 Å². The first-order chi connectivity index (χ1) is 6.19. The summed E-state index contributed by atoms with van der Waals surface area (Å²) in [6, 6.07) is 0. The van der Waals surface area contributed by atoms with Crippen molar-refractivity contribution in [1.29, 1.82) is 0 Å². The van der Waals surface area contributed by atoms with Crippen molar-refractivity contribution in [2.75, 3.05) is 0 Å². The molecule has 0 amide bonds. The molecule has 0 bridgehead atoms. The van der Waals surface area contributed by atoms with E-state index in [4.69, 9.17) is 0 Å². The fourth-order valence-corrected chi connectivity index (χ4v) is 1.86. The Hall–Kier alpha value is -0.590. The molecule has 0 aromatic carbocycles. The highest BCUT2D eigenvalue weighted by molar-refractivity contribution is 5.28. The lowest BCUT2D eigenvalue weighted by molar-refractivity contribution is 0.330. The Balaban J connectivity index is 2.71. The van der Waals surface area contributed by atoms with Crippen LogP contribution in [0.25, 0.3) is 0 Å². The van der Waals surface area contributed by atoms with Gasteiger partial charge >= 0.3 is 0 Å². The topological polar surface area (TPSA) is 0 Å². The van der Waals surface area contributed by atoms with Gasteiger partial charge in [-0.15, -0.1) is 0 Å². The number of allylic oxidation sites excluding steroid dienone is 4. The van der Waals surface area contributed by atoms with E-state index in [0.717, 1.165) is 12.8 Å². The lowest BCUT2D eigenvalue weighted by atomic mass is 9.86. The van der Waals surface area contributed by atoms with Crippen LogP contribution in [0.2, 0.25) is 0 Å². The largest absolute Gasteiger partial charge is 0.242 e. The van der Waals surface area contributed by atoms with Crippen molar-refractivity contribution in [3.05, 3.63) is 23.8 Å². The van der Waals surface area contributed by atoms with E-state index in [0.29, 0.717) is 5.92 Å². The summed E-state index contributed by atoms with van der Waals surface area (Å²) in [7, 11) is 0. The Kier molecular flexibility index (Phi) is 3.71. The summed E-state index contributed by atoms with van der Waals surface area (Å²) in [6.07, 6.45) is 7.26. The van der Waals surface area contributed by atoms with Gasteiger partial charge in [0.1, 0.15) is 6.17 Å². The zero-order valence-corrected chi connectivity index (χ0v) is 8.76. The molecule has 0 radical (unpaired) electrons. The van der Waals surface area contributed by atoms with Crippen molar-refractivity contribution in [3.8, 4) is 0 Å². The van der Waals surface area contributed by atoms with Crippen LogP contribution in [-0.4, -0.2) is 6.17 Å². The van der Waals surface area contributed by atoms with Crippen LogP contribution in [0, 0.1) is 11.8 Å². The summed E-state index contributed by atoms with van der Waals surface area (Å²) < 4.78 is 13.1. The zero-order chi connectivity index (χ0) is 9.84. The maximum atomic E-state index is 13.1. The molecule has 0 spiro atoms. The average molecular weight is 182 g/mol. The first-order valence-electron chi connectivity index (χ1n) is 5.23. The average Bonchev–Trinajstić information content (AvgIpc) is 2.13. The summed E-state index contributed by atoms with van der Waals surface area (Å²) in [5, 5.41) is 0. The highest BCUT2D eigenvalue weighted by Gasteiger charge is 2.18. The minimum absolute atomic E-state index is 0.0561. The molecule has 0 nitrogen and oxygen atoms in total. The zero-order valence-electron chi connectivity index (χ0n) is 8.76. The molecule has 1 heteroatoms. The smallest absolute Gasteiger partial charge is 0.125 e. The minimum atomic E-state index is -0.780. The third-order valence-electron chi connectivity index (χ3n) is 2.89. The highest BCUT2D eigenvalue weighted by atomic mass is 19.1. The van der Waals surface area contributed by atoms with Crippen LogP contribution in [0.4, 0.5) is 4.39 Å². The third kappa shape index (κ3) is 2.43. The van der Waals surface area contributed by atoms with Crippen LogP contribution in [0.15, 0.2) is 23.8 Å². The molecule has 1 aliphatic carbocycles. The predicted molar refractivity (Wildman–Crippen MR) is 55.4 cm³/mol. The monoisotopic (exact) mass is 182 g/mol. The molecule has 0 saturated carbocycles. The van der Waals surface area contributed by atoms with Gasteiger partial charge in [-0.25, -0.2) is 4.39 Å². The van der Waals surface area contributed by atoms with E-state index in [2.05, 4.69) is 19.9 Å².